The topological polar surface area (TPSA) is 49.0 Å². The highest BCUT2D eigenvalue weighted by atomic mass is 16.2. The van der Waals surface area contributed by atoms with E-state index in [1.54, 1.807) is 0 Å². The van der Waals surface area contributed by atoms with Crippen LogP contribution in [0.15, 0.2) is 0 Å². The van der Waals surface area contributed by atoms with Gasteiger partial charge in [0.15, 0.2) is 0 Å². The molecule has 0 aliphatic carbocycles. The molecule has 1 aromatic heterocycles. The molecule has 4 nitrogen and oxygen atoms in total. The van der Waals surface area contributed by atoms with Gasteiger partial charge in [0.25, 0.3) is 0 Å². The van der Waals surface area contributed by atoms with Crippen LogP contribution in [0.2, 0.25) is 0 Å². The van der Waals surface area contributed by atoms with Gasteiger partial charge < -0.3 is 4.90 Å². The Morgan fingerprint density at radius 3 is 2.76 bits per heavy atom. The van der Waals surface area contributed by atoms with Crippen molar-refractivity contribution in [1.29, 1.82) is 0 Å². The van der Waals surface area contributed by atoms with Crippen LogP contribution in [0.1, 0.15) is 44.6 Å². The van der Waals surface area contributed by atoms with Crippen LogP contribution in [-0.2, 0) is 24.2 Å². The van der Waals surface area contributed by atoms with E-state index in [1.165, 1.54) is 5.56 Å². The maximum Gasteiger partial charge on any atom is 0.228 e. The van der Waals surface area contributed by atoms with Crippen LogP contribution >= 0.6 is 0 Å². The molecule has 0 radical (unpaired) electrons. The zero-order chi connectivity index (χ0) is 12.6. The lowest BCUT2D eigenvalue weighted by Gasteiger charge is -2.32. The number of amides is 1. The van der Waals surface area contributed by atoms with E-state index in [1.807, 2.05) is 25.7 Å². The first-order chi connectivity index (χ1) is 7.93. The fourth-order valence-electron chi connectivity index (χ4n) is 2.33. The van der Waals surface area contributed by atoms with Crippen LogP contribution in [-0.4, -0.2) is 27.5 Å². The van der Waals surface area contributed by atoms with Crippen LogP contribution in [0.25, 0.3) is 0 Å². The Hall–Kier alpha value is -1.32. The van der Waals surface area contributed by atoms with Crippen molar-refractivity contribution >= 4 is 5.91 Å². The number of aromatic amines is 1. The van der Waals surface area contributed by atoms with Gasteiger partial charge in [-0.25, -0.2) is 0 Å². The summed E-state index contributed by atoms with van der Waals surface area (Å²) < 4.78 is 0. The molecule has 0 saturated carbocycles. The molecule has 17 heavy (non-hydrogen) atoms. The molecule has 0 aromatic carbocycles. The van der Waals surface area contributed by atoms with Gasteiger partial charge in [-0.05, 0) is 18.4 Å². The molecule has 1 aliphatic heterocycles. The molecule has 1 amide bonds. The number of aromatic nitrogens is 2. The SMILES string of the molecule is CCc1n[nH]c2c1CCN(C(=O)C(C)(C)C)C2. The maximum atomic E-state index is 12.2. The van der Waals surface area contributed by atoms with Crippen molar-refractivity contribution in [2.45, 2.75) is 47.1 Å². The molecule has 1 aliphatic rings. The largest absolute Gasteiger partial charge is 0.336 e. The quantitative estimate of drug-likeness (QED) is 0.808. The molecule has 4 heteroatoms. The first-order valence-electron chi connectivity index (χ1n) is 6.28. The van der Waals surface area contributed by atoms with Crippen molar-refractivity contribution in [2.24, 2.45) is 5.41 Å². The number of carbonyl (C=O) groups excluding carboxylic acids is 1. The third-order valence-corrected chi connectivity index (χ3v) is 3.28. The average molecular weight is 235 g/mol. The summed E-state index contributed by atoms with van der Waals surface area (Å²) in [6, 6.07) is 0. The fourth-order valence-corrected chi connectivity index (χ4v) is 2.33. The smallest absolute Gasteiger partial charge is 0.228 e. The molecule has 0 fully saturated rings. The monoisotopic (exact) mass is 235 g/mol. The summed E-state index contributed by atoms with van der Waals surface area (Å²) in [4.78, 5) is 14.1. The Labute approximate surface area is 102 Å². The summed E-state index contributed by atoms with van der Waals surface area (Å²) >= 11 is 0. The lowest BCUT2D eigenvalue weighted by Crippen LogP contribution is -2.42. The normalized spacial score (nSPS) is 15.9. The third kappa shape index (κ3) is 2.21. The zero-order valence-electron chi connectivity index (χ0n) is 11.1. The highest BCUT2D eigenvalue weighted by Gasteiger charge is 2.30. The van der Waals surface area contributed by atoms with Crippen molar-refractivity contribution < 1.29 is 4.79 Å². The molecule has 94 valence electrons. The number of rotatable bonds is 1. The van der Waals surface area contributed by atoms with Crippen LogP contribution < -0.4 is 0 Å². The van der Waals surface area contributed by atoms with Gasteiger partial charge in [0, 0.05) is 12.0 Å². The van der Waals surface area contributed by atoms with Crippen LogP contribution in [0.4, 0.5) is 0 Å². The minimum absolute atomic E-state index is 0.218. The van der Waals surface area contributed by atoms with E-state index in [2.05, 4.69) is 17.1 Å². The van der Waals surface area contributed by atoms with Gasteiger partial charge in [0.2, 0.25) is 5.91 Å². The summed E-state index contributed by atoms with van der Waals surface area (Å²) in [6.07, 6.45) is 1.88. The first-order valence-corrected chi connectivity index (χ1v) is 6.28. The summed E-state index contributed by atoms with van der Waals surface area (Å²) in [7, 11) is 0. The lowest BCUT2D eigenvalue weighted by atomic mass is 9.93. The number of hydrogen-bond acceptors (Lipinski definition) is 2. The summed E-state index contributed by atoms with van der Waals surface area (Å²) in [5.74, 6) is 0.218. The molecule has 0 atom stereocenters. The predicted molar refractivity (Wildman–Crippen MR) is 66.5 cm³/mol. The Bertz CT molecular complexity index is 428. The molecule has 0 bridgehead atoms. The minimum Gasteiger partial charge on any atom is -0.336 e. The summed E-state index contributed by atoms with van der Waals surface area (Å²) in [5, 5.41) is 7.38. The Kier molecular flexibility index (Phi) is 2.98. The van der Waals surface area contributed by atoms with Crippen LogP contribution in [0.5, 0.6) is 0 Å². The van der Waals surface area contributed by atoms with E-state index in [9.17, 15) is 4.79 Å². The number of nitrogens with one attached hydrogen (secondary N) is 1. The third-order valence-electron chi connectivity index (χ3n) is 3.28. The molecule has 0 saturated heterocycles. The predicted octanol–water partition coefficient (Wildman–Crippen LogP) is 1.90. The van der Waals surface area contributed by atoms with Crippen molar-refractivity contribution in [2.75, 3.05) is 6.54 Å². The molecular weight excluding hydrogens is 214 g/mol. The molecule has 2 rings (SSSR count). The first kappa shape index (κ1) is 12.1. The number of aryl methyl sites for hydroxylation is 1. The molecule has 1 aromatic rings. The molecule has 1 N–H and O–H groups in total. The number of H-pyrrole nitrogens is 1. The van der Waals surface area contributed by atoms with Crippen molar-refractivity contribution in [1.82, 2.24) is 15.1 Å². The fraction of sp³-hybridized carbons (Fsp3) is 0.692. The van der Waals surface area contributed by atoms with Crippen molar-refractivity contribution in [3.8, 4) is 0 Å². The van der Waals surface area contributed by atoms with E-state index in [0.717, 1.165) is 30.8 Å². The van der Waals surface area contributed by atoms with Crippen molar-refractivity contribution in [3.63, 3.8) is 0 Å². The zero-order valence-corrected chi connectivity index (χ0v) is 11.1. The van der Waals surface area contributed by atoms with E-state index in [4.69, 9.17) is 0 Å². The summed E-state index contributed by atoms with van der Waals surface area (Å²) in [6.45, 7) is 9.51. The van der Waals surface area contributed by atoms with Gasteiger partial charge in [-0.15, -0.1) is 0 Å². The van der Waals surface area contributed by atoms with E-state index >= 15 is 0 Å². The van der Waals surface area contributed by atoms with Gasteiger partial charge >= 0.3 is 0 Å². The Morgan fingerprint density at radius 1 is 1.47 bits per heavy atom. The van der Waals surface area contributed by atoms with Crippen LogP contribution in [0, 0.1) is 5.41 Å². The van der Waals surface area contributed by atoms with Crippen LogP contribution in [0.3, 0.4) is 0 Å². The van der Waals surface area contributed by atoms with Crippen molar-refractivity contribution in [3.05, 3.63) is 17.0 Å². The van der Waals surface area contributed by atoms with Gasteiger partial charge in [-0.2, -0.15) is 5.10 Å². The van der Waals surface area contributed by atoms with E-state index in [0.29, 0.717) is 6.54 Å². The van der Waals surface area contributed by atoms with Gasteiger partial charge in [-0.1, -0.05) is 27.7 Å². The number of carbonyl (C=O) groups is 1. The number of nitrogens with zero attached hydrogens (tertiary/aromatic N) is 2. The molecular formula is C13H21N3O. The highest BCUT2D eigenvalue weighted by molar-refractivity contribution is 5.81. The molecule has 2 heterocycles. The molecule has 0 unspecified atom stereocenters. The second-order valence-corrected chi connectivity index (χ2v) is 5.71. The Morgan fingerprint density at radius 2 is 2.18 bits per heavy atom. The highest BCUT2D eigenvalue weighted by Crippen LogP contribution is 2.25. The van der Waals surface area contributed by atoms with E-state index < -0.39 is 0 Å². The Balaban J connectivity index is 2.17. The minimum atomic E-state index is -0.300. The maximum absolute atomic E-state index is 12.2. The number of hydrogen-bond donors (Lipinski definition) is 1. The van der Waals surface area contributed by atoms with E-state index in [-0.39, 0.29) is 11.3 Å². The van der Waals surface area contributed by atoms with Gasteiger partial charge in [0.05, 0.1) is 17.9 Å². The second kappa shape index (κ2) is 4.17. The van der Waals surface area contributed by atoms with Gasteiger partial charge in [-0.3, -0.25) is 9.89 Å². The second-order valence-electron chi connectivity index (χ2n) is 5.71. The molecule has 0 spiro atoms. The summed E-state index contributed by atoms with van der Waals surface area (Å²) in [5.41, 5.74) is 3.30. The average Bonchev–Trinajstić information content (AvgIpc) is 2.68. The van der Waals surface area contributed by atoms with Gasteiger partial charge in [0.1, 0.15) is 0 Å². The standard InChI is InChI=1S/C13H21N3O/c1-5-10-9-6-7-16(8-11(9)15-14-10)12(17)13(2,3)4/h5-8H2,1-4H3,(H,14,15). The number of fused-ring (bicyclic) bond motifs is 1. The lowest BCUT2D eigenvalue weighted by molar-refractivity contribution is -0.140.